The van der Waals surface area contributed by atoms with Crippen LogP contribution in [-0.4, -0.2) is 23.9 Å². The van der Waals surface area contributed by atoms with E-state index < -0.39 is 0 Å². The van der Waals surface area contributed by atoms with Gasteiger partial charge in [-0.3, -0.25) is 0 Å². The molecule has 0 heterocycles. The summed E-state index contributed by atoms with van der Waals surface area (Å²) in [7, 11) is 0. The normalized spacial score (nSPS) is 22.8. The third-order valence-electron chi connectivity index (χ3n) is 3.77. The first-order valence-corrected chi connectivity index (χ1v) is 7.53. The predicted molar refractivity (Wildman–Crippen MR) is 83.1 cm³/mol. The van der Waals surface area contributed by atoms with Crippen LogP contribution in [0.2, 0.25) is 0 Å². The average molecular weight is 278 g/mol. The Kier molecular flexibility index (Phi) is 5.12. The lowest BCUT2D eigenvalue weighted by molar-refractivity contribution is 0.105. The lowest BCUT2D eigenvalue weighted by Crippen LogP contribution is -2.25. The second-order valence-corrected chi connectivity index (χ2v) is 5.95. The Morgan fingerprint density at radius 2 is 2.20 bits per heavy atom. The average Bonchev–Trinajstić information content (AvgIpc) is 2.39. The van der Waals surface area contributed by atoms with Crippen molar-refractivity contribution in [1.29, 1.82) is 0 Å². The van der Waals surface area contributed by atoms with Crippen molar-refractivity contribution >= 4 is 11.4 Å². The van der Waals surface area contributed by atoms with E-state index in [4.69, 9.17) is 10.5 Å². The molecule has 0 spiro atoms. The Bertz CT molecular complexity index is 434. The first-order chi connectivity index (χ1) is 9.56. The zero-order valence-corrected chi connectivity index (χ0v) is 12.4. The van der Waals surface area contributed by atoms with Gasteiger partial charge in [0.1, 0.15) is 5.75 Å². The van der Waals surface area contributed by atoms with Crippen molar-refractivity contribution in [1.82, 2.24) is 0 Å². The standard InChI is InChI=1S/C16H26N2O2/c1-11(2)20-15-8-4-7-14(16(15)17)18-10-12-5-3-6-13(19)9-12/h4,7-8,11-13,18-19H,3,5-6,9-10,17H2,1-2H3. The molecule has 1 fully saturated rings. The second kappa shape index (κ2) is 6.84. The van der Waals surface area contributed by atoms with Gasteiger partial charge in [0.2, 0.25) is 0 Å². The lowest BCUT2D eigenvalue weighted by Gasteiger charge is -2.26. The summed E-state index contributed by atoms with van der Waals surface area (Å²) in [6.45, 7) is 4.83. The number of nitrogen functional groups attached to an aromatic ring is 1. The largest absolute Gasteiger partial charge is 0.489 e. The predicted octanol–water partition coefficient (Wildman–Crippen LogP) is 3.02. The Morgan fingerprint density at radius 1 is 1.40 bits per heavy atom. The summed E-state index contributed by atoms with van der Waals surface area (Å²) in [6.07, 6.45) is 4.08. The van der Waals surface area contributed by atoms with Crippen molar-refractivity contribution in [2.45, 2.75) is 51.7 Å². The summed E-state index contributed by atoms with van der Waals surface area (Å²) in [5.41, 5.74) is 7.72. The second-order valence-electron chi connectivity index (χ2n) is 5.95. The minimum atomic E-state index is -0.136. The highest BCUT2D eigenvalue weighted by molar-refractivity contribution is 5.72. The zero-order valence-electron chi connectivity index (χ0n) is 12.4. The number of aliphatic hydroxyl groups is 1. The van der Waals surface area contributed by atoms with Gasteiger partial charge in [-0.15, -0.1) is 0 Å². The molecule has 2 atom stereocenters. The Labute approximate surface area is 121 Å². The molecule has 0 radical (unpaired) electrons. The van der Waals surface area contributed by atoms with E-state index in [9.17, 15) is 5.11 Å². The Morgan fingerprint density at radius 3 is 2.90 bits per heavy atom. The minimum absolute atomic E-state index is 0.112. The molecule has 0 aromatic heterocycles. The zero-order chi connectivity index (χ0) is 14.5. The number of hydrogen-bond acceptors (Lipinski definition) is 4. The van der Waals surface area contributed by atoms with Crippen molar-refractivity contribution in [2.75, 3.05) is 17.6 Å². The molecule has 1 aromatic carbocycles. The molecule has 0 aliphatic heterocycles. The molecule has 4 N–H and O–H groups in total. The van der Waals surface area contributed by atoms with E-state index in [0.29, 0.717) is 11.6 Å². The summed E-state index contributed by atoms with van der Waals surface area (Å²) in [5, 5.41) is 13.1. The molecule has 2 unspecified atom stereocenters. The first kappa shape index (κ1) is 15.0. The molecule has 1 aromatic rings. The molecule has 4 heteroatoms. The maximum atomic E-state index is 9.70. The number of hydrogen-bond donors (Lipinski definition) is 3. The van der Waals surface area contributed by atoms with Crippen LogP contribution in [0.15, 0.2) is 18.2 Å². The van der Waals surface area contributed by atoms with E-state index in [0.717, 1.165) is 37.2 Å². The highest BCUT2D eigenvalue weighted by atomic mass is 16.5. The van der Waals surface area contributed by atoms with Gasteiger partial charge in [0.15, 0.2) is 0 Å². The number of nitrogens with one attached hydrogen (secondary N) is 1. The van der Waals surface area contributed by atoms with Crippen LogP contribution in [0.5, 0.6) is 5.75 Å². The first-order valence-electron chi connectivity index (χ1n) is 7.53. The maximum absolute atomic E-state index is 9.70. The van der Waals surface area contributed by atoms with Gasteiger partial charge >= 0.3 is 0 Å². The Balaban J connectivity index is 1.95. The summed E-state index contributed by atoms with van der Waals surface area (Å²) in [4.78, 5) is 0. The number of ether oxygens (including phenoxy) is 1. The molecule has 1 aliphatic rings. The summed E-state index contributed by atoms with van der Waals surface area (Å²) >= 11 is 0. The summed E-state index contributed by atoms with van der Waals surface area (Å²) < 4.78 is 5.69. The molecule has 112 valence electrons. The third kappa shape index (κ3) is 4.04. The smallest absolute Gasteiger partial charge is 0.144 e. The van der Waals surface area contributed by atoms with Crippen molar-refractivity contribution in [3.8, 4) is 5.75 Å². The van der Waals surface area contributed by atoms with E-state index in [2.05, 4.69) is 5.32 Å². The van der Waals surface area contributed by atoms with Crippen LogP contribution in [0.4, 0.5) is 11.4 Å². The van der Waals surface area contributed by atoms with Gasteiger partial charge in [-0.25, -0.2) is 0 Å². The van der Waals surface area contributed by atoms with Gasteiger partial charge in [-0.05, 0) is 51.2 Å². The number of benzene rings is 1. The van der Waals surface area contributed by atoms with Gasteiger partial charge in [-0.1, -0.05) is 12.5 Å². The Hall–Kier alpha value is -1.42. The number of anilines is 2. The highest BCUT2D eigenvalue weighted by Crippen LogP contribution is 2.31. The topological polar surface area (TPSA) is 67.5 Å². The number of rotatable bonds is 5. The van der Waals surface area contributed by atoms with Crippen LogP contribution in [0.1, 0.15) is 39.5 Å². The third-order valence-corrected chi connectivity index (χ3v) is 3.77. The quantitative estimate of drug-likeness (QED) is 0.724. The van der Waals surface area contributed by atoms with Crippen LogP contribution >= 0.6 is 0 Å². The molecule has 0 amide bonds. The number of nitrogens with two attached hydrogens (primary N) is 1. The van der Waals surface area contributed by atoms with Crippen molar-refractivity contribution in [3.63, 3.8) is 0 Å². The van der Waals surface area contributed by atoms with Crippen molar-refractivity contribution in [3.05, 3.63) is 18.2 Å². The van der Waals surface area contributed by atoms with Gasteiger partial charge < -0.3 is 20.9 Å². The van der Waals surface area contributed by atoms with E-state index >= 15 is 0 Å². The molecule has 4 nitrogen and oxygen atoms in total. The monoisotopic (exact) mass is 278 g/mol. The van der Waals surface area contributed by atoms with E-state index in [-0.39, 0.29) is 12.2 Å². The van der Waals surface area contributed by atoms with Crippen molar-refractivity contribution in [2.24, 2.45) is 5.92 Å². The maximum Gasteiger partial charge on any atom is 0.144 e. The van der Waals surface area contributed by atoms with Crippen LogP contribution in [0.3, 0.4) is 0 Å². The van der Waals surface area contributed by atoms with Crippen LogP contribution in [0, 0.1) is 5.92 Å². The molecule has 0 saturated heterocycles. The molecule has 0 bridgehead atoms. The fourth-order valence-electron chi connectivity index (χ4n) is 2.76. The number of para-hydroxylation sites is 1. The molecule has 20 heavy (non-hydrogen) atoms. The van der Waals surface area contributed by atoms with Crippen LogP contribution < -0.4 is 15.8 Å². The van der Waals surface area contributed by atoms with E-state index in [1.54, 1.807) is 0 Å². The van der Waals surface area contributed by atoms with Gasteiger partial charge in [-0.2, -0.15) is 0 Å². The van der Waals surface area contributed by atoms with E-state index in [1.807, 2.05) is 32.0 Å². The summed E-state index contributed by atoms with van der Waals surface area (Å²) in [5.74, 6) is 1.25. The number of aliphatic hydroxyl groups excluding tert-OH is 1. The van der Waals surface area contributed by atoms with E-state index in [1.165, 1.54) is 6.42 Å². The fourth-order valence-corrected chi connectivity index (χ4v) is 2.76. The van der Waals surface area contributed by atoms with Gasteiger partial charge in [0.05, 0.1) is 23.6 Å². The fraction of sp³-hybridized carbons (Fsp3) is 0.625. The summed E-state index contributed by atoms with van der Waals surface area (Å²) in [6, 6.07) is 5.82. The van der Waals surface area contributed by atoms with Gasteiger partial charge in [0, 0.05) is 6.54 Å². The molecular weight excluding hydrogens is 252 g/mol. The lowest BCUT2D eigenvalue weighted by atomic mass is 9.87. The SMILES string of the molecule is CC(C)Oc1cccc(NCC2CCCC(O)C2)c1N. The highest BCUT2D eigenvalue weighted by Gasteiger charge is 2.20. The van der Waals surface area contributed by atoms with Gasteiger partial charge in [0.25, 0.3) is 0 Å². The molecule has 2 rings (SSSR count). The molecule has 1 saturated carbocycles. The van der Waals surface area contributed by atoms with Crippen LogP contribution in [0.25, 0.3) is 0 Å². The molecule has 1 aliphatic carbocycles. The minimum Gasteiger partial charge on any atom is -0.489 e. The van der Waals surface area contributed by atoms with Crippen molar-refractivity contribution < 1.29 is 9.84 Å². The molecular formula is C16H26N2O2. The van der Waals surface area contributed by atoms with Crippen LogP contribution in [-0.2, 0) is 0 Å².